The van der Waals surface area contributed by atoms with Crippen molar-refractivity contribution in [1.82, 2.24) is 9.78 Å². The van der Waals surface area contributed by atoms with Gasteiger partial charge < -0.3 is 5.32 Å². The van der Waals surface area contributed by atoms with Crippen molar-refractivity contribution in [2.45, 2.75) is 40.0 Å². The highest BCUT2D eigenvalue weighted by Crippen LogP contribution is 2.39. The van der Waals surface area contributed by atoms with Gasteiger partial charge in [0.05, 0.1) is 17.3 Å². The largest absolute Gasteiger partial charge is 0.310 e. The van der Waals surface area contributed by atoms with E-state index >= 15 is 0 Å². The first-order valence-electron chi connectivity index (χ1n) is 9.03. The molecule has 3 heterocycles. The van der Waals surface area contributed by atoms with E-state index in [-0.39, 0.29) is 18.1 Å². The number of hydrogen-bond acceptors (Lipinski definition) is 4. The fraction of sp³-hybridized carbons (Fsp3) is 0.286. The van der Waals surface area contributed by atoms with Gasteiger partial charge in [0.1, 0.15) is 5.82 Å². The van der Waals surface area contributed by atoms with Crippen molar-refractivity contribution in [2.75, 3.05) is 5.32 Å². The van der Waals surface area contributed by atoms with Crippen LogP contribution in [-0.4, -0.2) is 21.5 Å². The molecule has 0 fully saturated rings. The molecule has 1 aromatic carbocycles. The number of carbonyl (C=O) groups is 2. The number of thiophene rings is 1. The minimum Gasteiger partial charge on any atom is -0.310 e. The Kier molecular flexibility index (Phi) is 4.63. The van der Waals surface area contributed by atoms with E-state index in [1.54, 1.807) is 16.0 Å². The smallest absolute Gasteiger partial charge is 0.226 e. The molecule has 0 saturated heterocycles. The van der Waals surface area contributed by atoms with Crippen molar-refractivity contribution in [2.24, 2.45) is 0 Å². The van der Waals surface area contributed by atoms with E-state index < -0.39 is 5.92 Å². The number of anilines is 1. The Balaban J connectivity index is 1.84. The van der Waals surface area contributed by atoms with Gasteiger partial charge in [0, 0.05) is 32.3 Å². The number of ketones is 1. The topological polar surface area (TPSA) is 64.0 Å². The number of nitrogens with zero attached hydrogens (tertiary/aromatic N) is 2. The number of amides is 1. The maximum atomic E-state index is 13.3. The van der Waals surface area contributed by atoms with Crippen molar-refractivity contribution in [3.05, 3.63) is 61.4 Å². The highest BCUT2D eigenvalue weighted by Gasteiger charge is 2.37. The molecule has 0 saturated carbocycles. The standard InChI is InChI=1S/C21H20ClN3O2S/c1-10-5-6-14(8-17(10)22)25-21-19(12(3)24-25)16(9-18(26)23-21)20(27)15-7-11(2)28-13(15)4/h5-8,16H,9H2,1-4H3,(H,23,26)/t16-/m0/s1. The molecular formula is C21H20ClN3O2S. The number of halogens is 1. The van der Waals surface area contributed by atoms with E-state index in [2.05, 4.69) is 10.4 Å². The van der Waals surface area contributed by atoms with Gasteiger partial charge in [-0.25, -0.2) is 4.68 Å². The van der Waals surface area contributed by atoms with Crippen LogP contribution in [0, 0.1) is 27.7 Å². The van der Waals surface area contributed by atoms with Crippen LogP contribution in [0.1, 0.15) is 49.3 Å². The quantitative estimate of drug-likeness (QED) is 0.605. The second-order valence-corrected chi connectivity index (χ2v) is 9.06. The Morgan fingerprint density at radius 1 is 1.25 bits per heavy atom. The van der Waals surface area contributed by atoms with E-state index in [0.717, 1.165) is 32.3 Å². The number of rotatable bonds is 3. The third-order valence-electron chi connectivity index (χ3n) is 5.13. The van der Waals surface area contributed by atoms with Crippen molar-refractivity contribution in [1.29, 1.82) is 0 Å². The molecule has 4 rings (SSSR count). The zero-order valence-electron chi connectivity index (χ0n) is 16.1. The van der Waals surface area contributed by atoms with Gasteiger partial charge >= 0.3 is 0 Å². The lowest BCUT2D eigenvalue weighted by Crippen LogP contribution is -2.28. The lowest BCUT2D eigenvalue weighted by atomic mass is 9.85. The zero-order valence-corrected chi connectivity index (χ0v) is 17.7. The summed E-state index contributed by atoms with van der Waals surface area (Å²) in [5.74, 6) is -0.194. The minimum absolute atomic E-state index is 0.0254. The molecule has 1 aliphatic heterocycles. The molecule has 3 aromatic rings. The molecule has 0 bridgehead atoms. The molecule has 28 heavy (non-hydrogen) atoms. The fourth-order valence-electron chi connectivity index (χ4n) is 3.73. The number of carbonyl (C=O) groups excluding carboxylic acids is 2. The summed E-state index contributed by atoms with van der Waals surface area (Å²) in [6.07, 6.45) is 0.126. The van der Waals surface area contributed by atoms with Crippen molar-refractivity contribution < 1.29 is 9.59 Å². The number of aryl methyl sites for hydroxylation is 4. The first-order valence-corrected chi connectivity index (χ1v) is 10.2. The molecule has 1 N–H and O–H groups in total. The highest BCUT2D eigenvalue weighted by molar-refractivity contribution is 7.12. The van der Waals surface area contributed by atoms with Gasteiger partial charge in [-0.05, 0) is 51.5 Å². The monoisotopic (exact) mass is 413 g/mol. The molecule has 7 heteroatoms. The Morgan fingerprint density at radius 2 is 2.00 bits per heavy atom. The molecule has 1 atom stereocenters. The summed E-state index contributed by atoms with van der Waals surface area (Å²) in [5, 5.41) is 8.15. The van der Waals surface area contributed by atoms with E-state index in [1.807, 2.05) is 52.0 Å². The average Bonchev–Trinajstić information content (AvgIpc) is 3.15. The molecule has 1 aliphatic rings. The van der Waals surface area contributed by atoms with Gasteiger partial charge in [-0.1, -0.05) is 17.7 Å². The number of nitrogens with one attached hydrogen (secondary N) is 1. The minimum atomic E-state index is -0.536. The lowest BCUT2D eigenvalue weighted by molar-refractivity contribution is -0.116. The third-order valence-corrected chi connectivity index (χ3v) is 6.50. The number of fused-ring (bicyclic) bond motifs is 1. The summed E-state index contributed by atoms with van der Waals surface area (Å²) in [4.78, 5) is 27.8. The number of benzene rings is 1. The molecule has 1 amide bonds. The zero-order chi connectivity index (χ0) is 20.2. The molecular weight excluding hydrogens is 394 g/mol. The van der Waals surface area contributed by atoms with Crippen LogP contribution < -0.4 is 5.32 Å². The normalized spacial score (nSPS) is 16.0. The number of hydrogen-bond donors (Lipinski definition) is 1. The summed E-state index contributed by atoms with van der Waals surface area (Å²) in [5.41, 5.74) is 3.91. The lowest BCUT2D eigenvalue weighted by Gasteiger charge is -2.23. The molecule has 2 aromatic heterocycles. The van der Waals surface area contributed by atoms with E-state index in [4.69, 9.17) is 11.6 Å². The van der Waals surface area contributed by atoms with Gasteiger partial charge in [-0.3, -0.25) is 9.59 Å². The van der Waals surface area contributed by atoms with Crippen LogP contribution >= 0.6 is 22.9 Å². The van der Waals surface area contributed by atoms with Crippen LogP contribution in [0.4, 0.5) is 5.82 Å². The molecule has 0 aliphatic carbocycles. The summed E-state index contributed by atoms with van der Waals surface area (Å²) < 4.78 is 1.67. The Morgan fingerprint density at radius 3 is 2.64 bits per heavy atom. The van der Waals surface area contributed by atoms with Crippen LogP contribution in [0.5, 0.6) is 0 Å². The van der Waals surface area contributed by atoms with Crippen LogP contribution in [0.25, 0.3) is 5.69 Å². The van der Waals surface area contributed by atoms with Crippen LogP contribution in [0.3, 0.4) is 0 Å². The van der Waals surface area contributed by atoms with Gasteiger partial charge in [-0.2, -0.15) is 5.10 Å². The van der Waals surface area contributed by atoms with E-state index in [0.29, 0.717) is 16.4 Å². The van der Waals surface area contributed by atoms with Crippen molar-refractivity contribution in [3.63, 3.8) is 0 Å². The van der Waals surface area contributed by atoms with Crippen LogP contribution in [0.2, 0.25) is 5.02 Å². The molecule has 0 unspecified atom stereocenters. The maximum absolute atomic E-state index is 13.3. The predicted molar refractivity (Wildman–Crippen MR) is 112 cm³/mol. The van der Waals surface area contributed by atoms with Gasteiger partial charge in [-0.15, -0.1) is 11.3 Å². The van der Waals surface area contributed by atoms with Crippen LogP contribution in [-0.2, 0) is 4.79 Å². The van der Waals surface area contributed by atoms with E-state index in [9.17, 15) is 9.59 Å². The Labute approximate surface area is 172 Å². The Bertz CT molecular complexity index is 1130. The SMILES string of the molecule is Cc1cc(C(=O)[C@H]2CC(=O)Nc3c2c(C)nn3-c2ccc(C)c(Cl)c2)c(C)s1. The van der Waals surface area contributed by atoms with Gasteiger partial charge in [0.15, 0.2) is 5.78 Å². The molecule has 144 valence electrons. The summed E-state index contributed by atoms with van der Waals surface area (Å²) in [7, 11) is 0. The molecule has 5 nitrogen and oxygen atoms in total. The average molecular weight is 414 g/mol. The highest BCUT2D eigenvalue weighted by atomic mass is 35.5. The second kappa shape index (κ2) is 6.87. The van der Waals surface area contributed by atoms with E-state index in [1.165, 1.54) is 0 Å². The first kappa shape index (κ1) is 18.9. The van der Waals surface area contributed by atoms with Gasteiger partial charge in [0.25, 0.3) is 0 Å². The van der Waals surface area contributed by atoms with Crippen molar-refractivity contribution >= 4 is 40.4 Å². The first-order chi connectivity index (χ1) is 13.3. The second-order valence-electron chi connectivity index (χ2n) is 7.19. The van der Waals surface area contributed by atoms with Gasteiger partial charge in [0.2, 0.25) is 5.91 Å². The third kappa shape index (κ3) is 3.06. The van der Waals surface area contributed by atoms with Crippen molar-refractivity contribution in [3.8, 4) is 5.69 Å². The molecule has 0 spiro atoms. The summed E-state index contributed by atoms with van der Waals surface area (Å²) >= 11 is 7.88. The molecule has 0 radical (unpaired) electrons. The number of Topliss-reactive ketones (excluding diaryl/α,β-unsaturated/α-hetero) is 1. The number of aromatic nitrogens is 2. The Hall–Kier alpha value is -2.44. The summed E-state index contributed by atoms with van der Waals surface area (Å²) in [6.45, 7) is 7.73. The fourth-order valence-corrected chi connectivity index (χ4v) is 4.84. The maximum Gasteiger partial charge on any atom is 0.226 e. The summed E-state index contributed by atoms with van der Waals surface area (Å²) in [6, 6.07) is 7.53. The van der Waals surface area contributed by atoms with Crippen LogP contribution in [0.15, 0.2) is 24.3 Å². The predicted octanol–water partition coefficient (Wildman–Crippen LogP) is 5.13.